The molecule has 4 rings (SSSR count). The van der Waals surface area contributed by atoms with Gasteiger partial charge in [0.2, 0.25) is 0 Å². The lowest BCUT2D eigenvalue weighted by Crippen LogP contribution is -2.25. The maximum atomic E-state index is 12.9. The fourth-order valence-electron chi connectivity index (χ4n) is 2.68. The molecule has 2 aliphatic heterocycles. The van der Waals surface area contributed by atoms with E-state index in [9.17, 15) is 14.9 Å². The summed E-state index contributed by atoms with van der Waals surface area (Å²) in [5, 5.41) is 13.4. The van der Waals surface area contributed by atoms with Gasteiger partial charge in [0.25, 0.3) is 11.6 Å². The number of thioether (sulfide) groups is 2. The SMILES string of the molecule is O=C1/C(=C/c2ccc(Cl)cc2)S[C@H]2SC=C(c3ccc([N+](=O)[O-])cc3)N12. The van der Waals surface area contributed by atoms with E-state index in [-0.39, 0.29) is 16.3 Å². The van der Waals surface area contributed by atoms with E-state index in [0.717, 1.165) is 16.8 Å². The highest BCUT2D eigenvalue weighted by Gasteiger charge is 2.42. The molecular weight excluding hydrogens is 392 g/mol. The minimum Gasteiger partial charge on any atom is -0.284 e. The Balaban J connectivity index is 1.60. The summed E-state index contributed by atoms with van der Waals surface area (Å²) in [6.45, 7) is 0. The molecule has 26 heavy (non-hydrogen) atoms. The van der Waals surface area contributed by atoms with Crippen LogP contribution in [0.1, 0.15) is 11.1 Å². The Morgan fingerprint density at radius 1 is 1.12 bits per heavy atom. The number of nitro benzene ring substituents is 1. The molecule has 0 unspecified atom stereocenters. The second-order valence-electron chi connectivity index (χ2n) is 5.60. The lowest BCUT2D eigenvalue weighted by Gasteiger charge is -2.17. The van der Waals surface area contributed by atoms with Gasteiger partial charge in [-0.25, -0.2) is 0 Å². The van der Waals surface area contributed by atoms with E-state index in [1.165, 1.54) is 23.9 Å². The molecular formula is C18H11ClN2O3S2. The smallest absolute Gasteiger partial charge is 0.269 e. The van der Waals surface area contributed by atoms with Gasteiger partial charge in [-0.2, -0.15) is 0 Å². The number of hydrogen-bond donors (Lipinski definition) is 0. The molecule has 2 aliphatic rings. The minimum atomic E-state index is -0.436. The van der Waals surface area contributed by atoms with Crippen molar-refractivity contribution in [3.05, 3.63) is 85.1 Å². The normalized spacial score (nSPS) is 20.4. The standard InChI is InChI=1S/C18H11ClN2O3S2/c19-13-5-1-11(2-6-13)9-16-17(22)20-15(10-25-18(20)26-16)12-3-7-14(8-4-12)21(23)24/h1-10,18H/b16-9-/t18-/m1/s1. The summed E-state index contributed by atoms with van der Waals surface area (Å²) >= 11 is 8.96. The Labute approximate surface area is 162 Å². The Hall–Kier alpha value is -2.22. The molecule has 0 aromatic heterocycles. The number of halogens is 1. The first kappa shape index (κ1) is 17.2. The monoisotopic (exact) mass is 402 g/mol. The van der Waals surface area contributed by atoms with Gasteiger partial charge in [-0.3, -0.25) is 19.8 Å². The van der Waals surface area contributed by atoms with E-state index in [4.69, 9.17) is 11.6 Å². The second-order valence-corrected chi connectivity index (χ2v) is 8.41. The van der Waals surface area contributed by atoms with Crippen LogP contribution in [0.3, 0.4) is 0 Å². The number of fused-ring (bicyclic) bond motifs is 1. The fraction of sp³-hybridized carbons (Fsp3) is 0.0556. The van der Waals surface area contributed by atoms with Crippen molar-refractivity contribution in [3.63, 3.8) is 0 Å². The van der Waals surface area contributed by atoms with E-state index in [1.807, 2.05) is 23.6 Å². The fourth-order valence-corrected chi connectivity index (χ4v) is 5.27. The van der Waals surface area contributed by atoms with E-state index in [1.54, 1.807) is 40.9 Å². The van der Waals surface area contributed by atoms with Gasteiger partial charge in [0.05, 0.1) is 15.5 Å². The highest BCUT2D eigenvalue weighted by atomic mass is 35.5. The predicted octanol–water partition coefficient (Wildman–Crippen LogP) is 5.19. The third kappa shape index (κ3) is 3.13. The third-order valence-electron chi connectivity index (χ3n) is 3.97. The number of amides is 1. The number of nitro groups is 1. The van der Waals surface area contributed by atoms with Crippen molar-refractivity contribution in [1.29, 1.82) is 0 Å². The molecule has 2 aromatic rings. The Morgan fingerprint density at radius 2 is 1.81 bits per heavy atom. The summed E-state index contributed by atoms with van der Waals surface area (Å²) in [5.41, 5.74) is 2.50. The molecule has 1 amide bonds. The van der Waals surface area contributed by atoms with E-state index >= 15 is 0 Å². The summed E-state index contributed by atoms with van der Waals surface area (Å²) in [6, 6.07) is 13.6. The van der Waals surface area contributed by atoms with Crippen LogP contribution in [0.15, 0.2) is 58.8 Å². The van der Waals surface area contributed by atoms with Crippen molar-refractivity contribution in [3.8, 4) is 0 Å². The van der Waals surface area contributed by atoms with Gasteiger partial charge in [-0.05, 0) is 46.9 Å². The van der Waals surface area contributed by atoms with Crippen molar-refractivity contribution < 1.29 is 9.72 Å². The lowest BCUT2D eigenvalue weighted by molar-refractivity contribution is -0.384. The molecule has 0 N–H and O–H groups in total. The Bertz CT molecular complexity index is 955. The molecule has 0 radical (unpaired) electrons. The van der Waals surface area contributed by atoms with Crippen molar-refractivity contribution in [2.45, 2.75) is 4.71 Å². The number of nitrogens with zero attached hydrogens (tertiary/aromatic N) is 2. The van der Waals surface area contributed by atoms with Gasteiger partial charge in [0, 0.05) is 17.2 Å². The van der Waals surface area contributed by atoms with Crippen LogP contribution in [-0.4, -0.2) is 20.4 Å². The highest BCUT2D eigenvalue weighted by molar-refractivity contribution is 8.21. The summed E-state index contributed by atoms with van der Waals surface area (Å²) in [6.07, 6.45) is 1.86. The zero-order valence-electron chi connectivity index (χ0n) is 13.2. The quantitative estimate of drug-likeness (QED) is 0.401. The van der Waals surface area contributed by atoms with Crippen molar-refractivity contribution in [1.82, 2.24) is 4.90 Å². The molecule has 1 fully saturated rings. The van der Waals surface area contributed by atoms with E-state index in [0.29, 0.717) is 9.93 Å². The molecule has 0 spiro atoms. The van der Waals surface area contributed by atoms with Crippen LogP contribution >= 0.6 is 35.1 Å². The van der Waals surface area contributed by atoms with Crippen molar-refractivity contribution in [2.75, 3.05) is 0 Å². The average molecular weight is 403 g/mol. The zero-order valence-corrected chi connectivity index (χ0v) is 15.6. The van der Waals surface area contributed by atoms with Crippen LogP contribution in [-0.2, 0) is 4.79 Å². The Kier molecular flexibility index (Phi) is 4.52. The maximum absolute atomic E-state index is 12.9. The summed E-state index contributed by atoms with van der Waals surface area (Å²) in [5.74, 6) is -0.0652. The molecule has 0 bridgehead atoms. The summed E-state index contributed by atoms with van der Waals surface area (Å²) in [7, 11) is 0. The van der Waals surface area contributed by atoms with Crippen LogP contribution in [0.2, 0.25) is 5.02 Å². The Morgan fingerprint density at radius 3 is 2.46 bits per heavy atom. The first-order chi connectivity index (χ1) is 12.5. The van der Waals surface area contributed by atoms with Crippen LogP contribution in [0, 0.1) is 10.1 Å². The number of benzene rings is 2. The van der Waals surface area contributed by atoms with Crippen LogP contribution < -0.4 is 0 Å². The molecule has 2 aromatic carbocycles. The topological polar surface area (TPSA) is 63.4 Å². The van der Waals surface area contributed by atoms with Gasteiger partial charge in [0.15, 0.2) is 0 Å². The number of non-ortho nitro benzene ring substituents is 1. The van der Waals surface area contributed by atoms with Crippen LogP contribution in [0.5, 0.6) is 0 Å². The lowest BCUT2D eigenvalue weighted by atomic mass is 10.1. The second kappa shape index (κ2) is 6.83. The largest absolute Gasteiger partial charge is 0.284 e. The predicted molar refractivity (Wildman–Crippen MR) is 106 cm³/mol. The summed E-state index contributed by atoms with van der Waals surface area (Å²) in [4.78, 5) is 25.6. The van der Waals surface area contributed by atoms with E-state index in [2.05, 4.69) is 0 Å². The molecule has 2 heterocycles. The average Bonchev–Trinajstić information content (AvgIpc) is 3.18. The minimum absolute atomic E-state index is 0.0296. The summed E-state index contributed by atoms with van der Waals surface area (Å²) < 4.78 is -0.0498. The number of rotatable bonds is 3. The van der Waals surface area contributed by atoms with Gasteiger partial charge < -0.3 is 0 Å². The first-order valence-electron chi connectivity index (χ1n) is 7.61. The van der Waals surface area contributed by atoms with Gasteiger partial charge >= 0.3 is 0 Å². The number of hydrogen-bond acceptors (Lipinski definition) is 5. The van der Waals surface area contributed by atoms with Gasteiger partial charge in [-0.1, -0.05) is 47.3 Å². The zero-order chi connectivity index (χ0) is 18.3. The van der Waals surface area contributed by atoms with Gasteiger partial charge in [-0.15, -0.1) is 0 Å². The highest BCUT2D eigenvalue weighted by Crippen LogP contribution is 2.51. The molecule has 130 valence electrons. The molecule has 0 saturated carbocycles. The molecule has 0 aliphatic carbocycles. The first-order valence-corrected chi connectivity index (χ1v) is 9.81. The molecule has 1 saturated heterocycles. The third-order valence-corrected chi connectivity index (χ3v) is 6.60. The van der Waals surface area contributed by atoms with Crippen molar-refractivity contribution >= 4 is 58.5 Å². The van der Waals surface area contributed by atoms with E-state index < -0.39 is 4.92 Å². The maximum Gasteiger partial charge on any atom is 0.269 e. The van der Waals surface area contributed by atoms with Gasteiger partial charge in [0.1, 0.15) is 4.71 Å². The molecule has 5 nitrogen and oxygen atoms in total. The number of carbonyl (C=O) groups excluding carboxylic acids is 1. The number of carbonyl (C=O) groups is 1. The molecule has 1 atom stereocenters. The van der Waals surface area contributed by atoms with Crippen LogP contribution in [0.25, 0.3) is 11.8 Å². The van der Waals surface area contributed by atoms with Crippen molar-refractivity contribution in [2.24, 2.45) is 0 Å². The molecule has 8 heteroatoms. The van der Waals surface area contributed by atoms with Crippen LogP contribution in [0.4, 0.5) is 5.69 Å².